The largest absolute Gasteiger partial charge is 0.356 e. The van der Waals surface area contributed by atoms with Crippen molar-refractivity contribution in [2.45, 2.75) is 33.4 Å². The van der Waals surface area contributed by atoms with Crippen LogP contribution in [0.3, 0.4) is 0 Å². The Hall–Kier alpha value is -2.17. The molecule has 0 unspecified atom stereocenters. The van der Waals surface area contributed by atoms with Crippen LogP contribution in [0.2, 0.25) is 0 Å². The minimum atomic E-state index is 0. The maximum atomic E-state index is 4.95. The maximum absolute atomic E-state index is 4.95. The predicted octanol–water partition coefficient (Wildman–Crippen LogP) is 2.41. The lowest BCUT2D eigenvalue weighted by atomic mass is 10.3. The fraction of sp³-hybridized carbons (Fsp3) is 0.412. The zero-order valence-electron chi connectivity index (χ0n) is 15.2. The number of benzene rings is 1. The molecule has 8 nitrogen and oxygen atoms in total. The zero-order valence-corrected chi connectivity index (χ0v) is 17.5. The molecule has 3 aromatic rings. The van der Waals surface area contributed by atoms with Gasteiger partial charge in [0.15, 0.2) is 11.8 Å². The van der Waals surface area contributed by atoms with E-state index in [2.05, 4.69) is 41.4 Å². The van der Waals surface area contributed by atoms with E-state index in [9.17, 15) is 0 Å². The number of aromatic nitrogens is 4. The van der Waals surface area contributed by atoms with Crippen LogP contribution in [0.5, 0.6) is 0 Å². The molecule has 26 heavy (non-hydrogen) atoms. The smallest absolute Gasteiger partial charge is 0.223 e. The number of aliphatic imine (C=N–C) groups is 1. The first-order valence-electron chi connectivity index (χ1n) is 8.33. The van der Waals surface area contributed by atoms with Gasteiger partial charge in [0.2, 0.25) is 5.89 Å². The summed E-state index contributed by atoms with van der Waals surface area (Å²) in [7, 11) is 1.74. The number of fused-ring (bicyclic) bond motifs is 1. The average molecular weight is 469 g/mol. The van der Waals surface area contributed by atoms with Gasteiger partial charge in [-0.1, -0.05) is 17.3 Å². The van der Waals surface area contributed by atoms with Crippen molar-refractivity contribution in [2.75, 3.05) is 13.6 Å². The van der Waals surface area contributed by atoms with Crippen molar-refractivity contribution in [1.29, 1.82) is 0 Å². The first-order chi connectivity index (χ1) is 12.2. The molecule has 140 valence electrons. The third-order valence-electron chi connectivity index (χ3n) is 3.90. The van der Waals surface area contributed by atoms with E-state index in [0.717, 1.165) is 36.8 Å². The minimum Gasteiger partial charge on any atom is -0.356 e. The molecule has 0 spiro atoms. The van der Waals surface area contributed by atoms with E-state index in [1.54, 1.807) is 14.0 Å². The number of halogens is 1. The molecule has 2 N–H and O–H groups in total. The highest BCUT2D eigenvalue weighted by Gasteiger charge is 2.07. The third kappa shape index (κ3) is 4.93. The fourth-order valence-electron chi connectivity index (χ4n) is 2.72. The minimum absolute atomic E-state index is 0. The molecular weight excluding hydrogens is 445 g/mol. The molecule has 0 radical (unpaired) electrons. The Kier molecular flexibility index (Phi) is 7.37. The van der Waals surface area contributed by atoms with Crippen LogP contribution >= 0.6 is 24.0 Å². The van der Waals surface area contributed by atoms with Crippen molar-refractivity contribution >= 4 is 41.0 Å². The van der Waals surface area contributed by atoms with Gasteiger partial charge >= 0.3 is 0 Å². The van der Waals surface area contributed by atoms with E-state index >= 15 is 0 Å². The Balaban J connectivity index is 0.00000243. The quantitative estimate of drug-likeness (QED) is 0.249. The second-order valence-corrected chi connectivity index (χ2v) is 5.74. The summed E-state index contributed by atoms with van der Waals surface area (Å²) in [6, 6.07) is 8.21. The van der Waals surface area contributed by atoms with Crippen molar-refractivity contribution in [3.63, 3.8) is 0 Å². The van der Waals surface area contributed by atoms with Crippen LogP contribution in [0.1, 0.15) is 24.0 Å². The Morgan fingerprint density at radius 2 is 2.00 bits per heavy atom. The molecule has 0 aliphatic rings. The summed E-state index contributed by atoms with van der Waals surface area (Å²) in [5.74, 6) is 2.93. The topological polar surface area (TPSA) is 93.2 Å². The van der Waals surface area contributed by atoms with Gasteiger partial charge in [0.25, 0.3) is 0 Å². The molecule has 1 aromatic carbocycles. The van der Waals surface area contributed by atoms with Crippen molar-refractivity contribution in [3.05, 3.63) is 41.8 Å². The fourth-order valence-corrected chi connectivity index (χ4v) is 2.72. The summed E-state index contributed by atoms with van der Waals surface area (Å²) >= 11 is 0. The van der Waals surface area contributed by atoms with Gasteiger partial charge < -0.3 is 19.7 Å². The molecule has 0 bridgehead atoms. The van der Waals surface area contributed by atoms with E-state index < -0.39 is 0 Å². The Morgan fingerprint density at radius 3 is 2.73 bits per heavy atom. The first-order valence-corrected chi connectivity index (χ1v) is 8.33. The summed E-state index contributed by atoms with van der Waals surface area (Å²) in [5.41, 5.74) is 2.22. The Morgan fingerprint density at radius 1 is 1.19 bits per heavy atom. The van der Waals surface area contributed by atoms with Crippen LogP contribution in [0.15, 0.2) is 33.8 Å². The number of aryl methyl sites for hydroxylation is 3. The van der Waals surface area contributed by atoms with Crippen LogP contribution < -0.4 is 10.6 Å². The van der Waals surface area contributed by atoms with Gasteiger partial charge in [0.1, 0.15) is 5.82 Å². The number of imidazole rings is 1. The number of rotatable bonds is 6. The Labute approximate surface area is 169 Å². The predicted molar refractivity (Wildman–Crippen MR) is 112 cm³/mol. The van der Waals surface area contributed by atoms with Gasteiger partial charge in [-0.3, -0.25) is 4.99 Å². The molecule has 2 aromatic heterocycles. The third-order valence-corrected chi connectivity index (χ3v) is 3.90. The van der Waals surface area contributed by atoms with E-state index in [1.807, 2.05) is 25.1 Å². The number of hydrogen-bond donors (Lipinski definition) is 2. The monoisotopic (exact) mass is 469 g/mol. The summed E-state index contributed by atoms with van der Waals surface area (Å²) in [4.78, 5) is 12.9. The normalized spacial score (nSPS) is 11.4. The molecule has 0 amide bonds. The molecule has 0 aliphatic heterocycles. The number of nitrogens with one attached hydrogen (secondary N) is 2. The van der Waals surface area contributed by atoms with Crippen molar-refractivity contribution in [2.24, 2.45) is 4.99 Å². The highest BCUT2D eigenvalue weighted by Crippen LogP contribution is 2.15. The summed E-state index contributed by atoms with van der Waals surface area (Å²) in [6.45, 7) is 5.99. The molecule has 0 aliphatic carbocycles. The standard InChI is InChI=1S/C17H23N7O.HI/c1-12-21-14-7-4-5-8-15(14)24(12)10-6-9-19-17(18-3)20-11-16-22-13(2)25-23-16;/h4-5,7-8H,6,9-11H2,1-3H3,(H2,18,19,20);1H. The van der Waals surface area contributed by atoms with Gasteiger partial charge in [-0.2, -0.15) is 4.98 Å². The average Bonchev–Trinajstić information content (AvgIpc) is 3.17. The summed E-state index contributed by atoms with van der Waals surface area (Å²) in [6.07, 6.45) is 0.962. The van der Waals surface area contributed by atoms with Crippen LogP contribution in [-0.2, 0) is 13.1 Å². The number of para-hydroxylation sites is 2. The van der Waals surface area contributed by atoms with Gasteiger partial charge in [0.05, 0.1) is 17.6 Å². The van der Waals surface area contributed by atoms with Gasteiger partial charge in [0, 0.05) is 27.1 Å². The molecule has 0 atom stereocenters. The number of guanidine groups is 1. The molecule has 0 saturated carbocycles. The highest BCUT2D eigenvalue weighted by molar-refractivity contribution is 14.0. The summed E-state index contributed by atoms with van der Waals surface area (Å²) in [5, 5.41) is 10.3. The lowest BCUT2D eigenvalue weighted by molar-refractivity contribution is 0.387. The summed E-state index contributed by atoms with van der Waals surface area (Å²) < 4.78 is 7.19. The first kappa shape index (κ1) is 20.1. The van der Waals surface area contributed by atoms with Crippen molar-refractivity contribution in [3.8, 4) is 0 Å². The Bertz CT molecular complexity index is 871. The van der Waals surface area contributed by atoms with Crippen LogP contribution in [0.4, 0.5) is 0 Å². The second-order valence-electron chi connectivity index (χ2n) is 5.74. The molecule has 2 heterocycles. The lowest BCUT2D eigenvalue weighted by Gasteiger charge is -2.11. The maximum Gasteiger partial charge on any atom is 0.223 e. The van der Waals surface area contributed by atoms with Gasteiger partial charge in [-0.25, -0.2) is 4.98 Å². The second kappa shape index (κ2) is 9.51. The molecule has 0 fully saturated rings. The van der Waals surface area contributed by atoms with Crippen LogP contribution in [0, 0.1) is 13.8 Å². The molecule has 0 saturated heterocycles. The van der Waals surface area contributed by atoms with E-state index in [0.29, 0.717) is 18.3 Å². The van der Waals surface area contributed by atoms with E-state index in [1.165, 1.54) is 5.52 Å². The van der Waals surface area contributed by atoms with Crippen molar-refractivity contribution in [1.82, 2.24) is 30.3 Å². The van der Waals surface area contributed by atoms with Crippen LogP contribution in [0.25, 0.3) is 11.0 Å². The van der Waals surface area contributed by atoms with Gasteiger partial charge in [-0.15, -0.1) is 24.0 Å². The van der Waals surface area contributed by atoms with Crippen LogP contribution in [-0.4, -0.2) is 39.2 Å². The zero-order chi connectivity index (χ0) is 17.6. The van der Waals surface area contributed by atoms with Crippen molar-refractivity contribution < 1.29 is 4.52 Å². The van der Waals surface area contributed by atoms with Gasteiger partial charge in [-0.05, 0) is 25.5 Å². The van der Waals surface area contributed by atoms with E-state index in [-0.39, 0.29) is 24.0 Å². The molecule has 3 rings (SSSR count). The van der Waals surface area contributed by atoms with E-state index in [4.69, 9.17) is 4.52 Å². The SMILES string of the molecule is CN=C(NCCCn1c(C)nc2ccccc21)NCc1noc(C)n1.I. The highest BCUT2D eigenvalue weighted by atomic mass is 127. The number of nitrogens with zero attached hydrogens (tertiary/aromatic N) is 5. The number of hydrogen-bond acceptors (Lipinski definition) is 5. The lowest BCUT2D eigenvalue weighted by Crippen LogP contribution is -2.37. The molecule has 9 heteroatoms. The molecular formula is C17H24IN7O.